The number of unbranched alkanes of at least 4 members (excludes halogenated alkanes) is 29. The van der Waals surface area contributed by atoms with Crippen molar-refractivity contribution in [2.24, 2.45) is 0 Å². The number of carbonyl (C=O) groups excluding carboxylic acids is 3. The van der Waals surface area contributed by atoms with Crippen LogP contribution in [0.1, 0.15) is 245 Å². The van der Waals surface area contributed by atoms with E-state index in [1.807, 2.05) is 0 Å². The van der Waals surface area contributed by atoms with E-state index < -0.39 is 18.1 Å². The van der Waals surface area contributed by atoms with E-state index in [1.165, 1.54) is 148 Å². The Balaban J connectivity index is 4.18. The quantitative estimate of drug-likeness (QED) is 0.0260. The molecule has 0 aliphatic heterocycles. The standard InChI is InChI=1S/C53H99NO7/c1-6-8-10-12-14-16-18-20-22-23-24-25-26-27-28-30-31-33-35-37-39-41-43-51(55)60-48-49(47-59-46-45-50(53(57)58)54(3,4)5)61-52(56)44-42-40-38-36-34-32-29-21-19-17-15-13-11-9-7-2/h15,17,21,29,49-50H,6-14,16,18-20,22-28,30-48H2,1-5H3/b17-15-,29-21-. The Bertz CT molecular complexity index is 1050. The number of quaternary nitrogens is 1. The average molecular weight is 862 g/mol. The average Bonchev–Trinajstić information content (AvgIpc) is 3.22. The van der Waals surface area contributed by atoms with E-state index >= 15 is 0 Å². The highest BCUT2D eigenvalue weighted by Gasteiger charge is 2.25. The topological polar surface area (TPSA) is 102 Å². The first-order valence-electron chi connectivity index (χ1n) is 25.9. The molecule has 0 aromatic carbocycles. The van der Waals surface area contributed by atoms with Crippen LogP contribution in [0.2, 0.25) is 0 Å². The van der Waals surface area contributed by atoms with Gasteiger partial charge in [-0.25, -0.2) is 0 Å². The number of aliphatic carboxylic acids is 1. The third-order valence-electron chi connectivity index (χ3n) is 11.8. The first-order chi connectivity index (χ1) is 29.6. The number of carboxylic acid groups (broad SMARTS) is 1. The summed E-state index contributed by atoms with van der Waals surface area (Å²) in [5.74, 6) is -1.74. The van der Waals surface area contributed by atoms with Crippen LogP contribution < -0.4 is 5.11 Å². The zero-order valence-corrected chi connectivity index (χ0v) is 40.8. The summed E-state index contributed by atoms with van der Waals surface area (Å²) in [7, 11) is 5.42. The van der Waals surface area contributed by atoms with Crippen molar-refractivity contribution in [2.45, 2.75) is 257 Å². The highest BCUT2D eigenvalue weighted by atomic mass is 16.6. The molecule has 0 fully saturated rings. The van der Waals surface area contributed by atoms with E-state index in [9.17, 15) is 19.5 Å². The molecule has 358 valence electrons. The number of ether oxygens (including phenoxy) is 3. The number of carbonyl (C=O) groups is 3. The molecule has 0 saturated heterocycles. The van der Waals surface area contributed by atoms with Crippen molar-refractivity contribution in [3.05, 3.63) is 24.3 Å². The second-order valence-corrected chi connectivity index (χ2v) is 18.8. The van der Waals surface area contributed by atoms with E-state index in [-0.39, 0.29) is 42.7 Å². The number of hydrogen-bond donors (Lipinski definition) is 0. The molecule has 0 aromatic heterocycles. The van der Waals surface area contributed by atoms with Gasteiger partial charge in [0.25, 0.3) is 0 Å². The van der Waals surface area contributed by atoms with E-state index in [0.717, 1.165) is 64.2 Å². The number of nitrogens with zero attached hydrogens (tertiary/aromatic N) is 1. The van der Waals surface area contributed by atoms with Gasteiger partial charge in [-0.2, -0.15) is 0 Å². The molecular formula is C53H99NO7. The molecule has 0 heterocycles. The van der Waals surface area contributed by atoms with E-state index in [1.54, 1.807) is 21.1 Å². The fourth-order valence-corrected chi connectivity index (χ4v) is 7.81. The zero-order chi connectivity index (χ0) is 44.9. The molecule has 0 aliphatic carbocycles. The molecule has 0 N–H and O–H groups in total. The number of esters is 2. The van der Waals surface area contributed by atoms with Crippen molar-refractivity contribution in [1.29, 1.82) is 0 Å². The fraction of sp³-hybridized carbons (Fsp3) is 0.868. The second-order valence-electron chi connectivity index (χ2n) is 18.8. The predicted molar refractivity (Wildman–Crippen MR) is 254 cm³/mol. The number of rotatable bonds is 47. The van der Waals surface area contributed by atoms with Crippen molar-refractivity contribution in [1.82, 2.24) is 0 Å². The van der Waals surface area contributed by atoms with E-state index in [4.69, 9.17) is 14.2 Å². The van der Waals surface area contributed by atoms with Crippen molar-refractivity contribution in [3.63, 3.8) is 0 Å². The van der Waals surface area contributed by atoms with Gasteiger partial charge in [0.05, 0.1) is 40.3 Å². The summed E-state index contributed by atoms with van der Waals surface area (Å²) in [5.41, 5.74) is 0. The summed E-state index contributed by atoms with van der Waals surface area (Å²) in [6, 6.07) is -0.726. The number of allylic oxidation sites excluding steroid dienone is 4. The van der Waals surface area contributed by atoms with Crippen LogP contribution in [0.15, 0.2) is 24.3 Å². The minimum absolute atomic E-state index is 0.0392. The summed E-state index contributed by atoms with van der Waals surface area (Å²) in [5, 5.41) is 11.7. The lowest BCUT2D eigenvalue weighted by Gasteiger charge is -2.34. The molecule has 8 nitrogen and oxygen atoms in total. The van der Waals surface area contributed by atoms with Crippen LogP contribution in [0.5, 0.6) is 0 Å². The highest BCUT2D eigenvalue weighted by Crippen LogP contribution is 2.16. The van der Waals surface area contributed by atoms with Crippen molar-refractivity contribution < 1.29 is 38.2 Å². The molecule has 0 amide bonds. The molecule has 2 unspecified atom stereocenters. The van der Waals surface area contributed by atoms with Crippen molar-refractivity contribution in [3.8, 4) is 0 Å². The molecule has 0 spiro atoms. The van der Waals surface area contributed by atoms with Gasteiger partial charge in [-0.1, -0.05) is 205 Å². The van der Waals surface area contributed by atoms with Gasteiger partial charge < -0.3 is 28.6 Å². The Morgan fingerprint density at radius 2 is 0.869 bits per heavy atom. The monoisotopic (exact) mass is 862 g/mol. The second kappa shape index (κ2) is 44.4. The minimum atomic E-state index is -1.12. The predicted octanol–water partition coefficient (Wildman–Crippen LogP) is 13.5. The van der Waals surface area contributed by atoms with Gasteiger partial charge in [0.15, 0.2) is 6.10 Å². The highest BCUT2D eigenvalue weighted by molar-refractivity contribution is 5.70. The number of likely N-dealkylation sites (N-methyl/N-ethyl adjacent to an activating group) is 1. The van der Waals surface area contributed by atoms with Crippen LogP contribution in [0.25, 0.3) is 0 Å². The Labute approximate surface area is 377 Å². The van der Waals surface area contributed by atoms with Gasteiger partial charge in [-0.15, -0.1) is 0 Å². The molecule has 8 heteroatoms. The number of hydrogen-bond acceptors (Lipinski definition) is 7. The van der Waals surface area contributed by atoms with Gasteiger partial charge >= 0.3 is 11.9 Å². The van der Waals surface area contributed by atoms with Crippen LogP contribution in [0.3, 0.4) is 0 Å². The Morgan fingerprint density at radius 3 is 1.30 bits per heavy atom. The van der Waals surface area contributed by atoms with E-state index in [2.05, 4.69) is 38.2 Å². The maximum absolute atomic E-state index is 12.8. The molecule has 0 radical (unpaired) electrons. The molecular weight excluding hydrogens is 763 g/mol. The fourth-order valence-electron chi connectivity index (χ4n) is 7.81. The molecule has 0 saturated carbocycles. The molecule has 0 bridgehead atoms. The third-order valence-corrected chi connectivity index (χ3v) is 11.8. The minimum Gasteiger partial charge on any atom is -0.544 e. The number of carboxylic acids is 1. The Kier molecular flexibility index (Phi) is 42.8. The molecule has 0 rings (SSSR count). The third kappa shape index (κ3) is 42.9. The SMILES string of the molecule is CCCCC/C=C\C/C=C\CCCCCCCC(=O)OC(COCCC(C(=O)[O-])[N+](C)(C)C)COC(=O)CCCCCCCCCCCCCCCCCCCCCCCC. The van der Waals surface area contributed by atoms with E-state index in [0.29, 0.717) is 12.8 Å². The molecule has 0 aliphatic rings. The van der Waals surface area contributed by atoms with Crippen molar-refractivity contribution in [2.75, 3.05) is 41.0 Å². The lowest BCUT2D eigenvalue weighted by atomic mass is 10.0. The van der Waals surface area contributed by atoms with Gasteiger partial charge in [0.1, 0.15) is 12.6 Å². The first-order valence-corrected chi connectivity index (χ1v) is 25.9. The normalized spacial score (nSPS) is 13.0. The lowest BCUT2D eigenvalue weighted by molar-refractivity contribution is -0.889. The van der Waals surface area contributed by atoms with Crippen LogP contribution in [-0.4, -0.2) is 75.5 Å². The summed E-state index contributed by atoms with van der Waals surface area (Å²) in [4.78, 5) is 37.0. The zero-order valence-electron chi connectivity index (χ0n) is 40.8. The largest absolute Gasteiger partial charge is 0.544 e. The first kappa shape index (κ1) is 58.8. The van der Waals surface area contributed by atoms with Crippen LogP contribution in [0.4, 0.5) is 0 Å². The van der Waals surface area contributed by atoms with Crippen LogP contribution >= 0.6 is 0 Å². The summed E-state index contributed by atoms with van der Waals surface area (Å²) in [6.07, 6.45) is 50.7. The maximum atomic E-state index is 12.8. The van der Waals surface area contributed by atoms with Gasteiger partial charge in [0.2, 0.25) is 0 Å². The maximum Gasteiger partial charge on any atom is 0.306 e. The van der Waals surface area contributed by atoms with Crippen LogP contribution in [0, 0.1) is 0 Å². The van der Waals surface area contributed by atoms with Gasteiger partial charge in [-0.3, -0.25) is 9.59 Å². The molecule has 0 aromatic rings. The summed E-state index contributed by atoms with van der Waals surface area (Å²) in [6.45, 7) is 4.66. The lowest BCUT2D eigenvalue weighted by Crippen LogP contribution is -2.55. The Hall–Kier alpha value is -2.19. The van der Waals surface area contributed by atoms with Crippen LogP contribution in [-0.2, 0) is 28.6 Å². The molecule has 2 atom stereocenters. The van der Waals surface area contributed by atoms with Gasteiger partial charge in [-0.05, 0) is 44.9 Å². The smallest absolute Gasteiger partial charge is 0.306 e. The van der Waals surface area contributed by atoms with Gasteiger partial charge in [0, 0.05) is 19.3 Å². The Morgan fingerprint density at radius 1 is 0.492 bits per heavy atom. The summed E-state index contributed by atoms with van der Waals surface area (Å²) < 4.78 is 17.2. The van der Waals surface area contributed by atoms with Crippen molar-refractivity contribution >= 4 is 17.9 Å². The molecule has 61 heavy (non-hydrogen) atoms. The summed E-state index contributed by atoms with van der Waals surface area (Å²) >= 11 is 0.